The molecule has 0 fully saturated rings. The van der Waals surface area contributed by atoms with E-state index < -0.39 is 9.84 Å². The van der Waals surface area contributed by atoms with Crippen LogP contribution in [0.3, 0.4) is 0 Å². The van der Waals surface area contributed by atoms with Gasteiger partial charge in [-0.25, -0.2) is 8.42 Å². The molecule has 0 aromatic heterocycles. The maximum atomic E-state index is 11.2. The number of aliphatic hydroxyl groups excluding tert-OH is 1. The predicted octanol–water partition coefficient (Wildman–Crippen LogP) is 0.124. The van der Waals surface area contributed by atoms with E-state index in [9.17, 15) is 8.42 Å². The predicted molar refractivity (Wildman–Crippen MR) is 58.1 cm³/mol. The topological polar surface area (TPSA) is 57.6 Å². The van der Waals surface area contributed by atoms with Crippen LogP contribution in [0.2, 0.25) is 0 Å². The minimum absolute atomic E-state index is 0.0738. The lowest BCUT2D eigenvalue weighted by Crippen LogP contribution is -2.37. The highest BCUT2D eigenvalue weighted by Gasteiger charge is 2.13. The molecular weight excluding hydrogens is 202 g/mol. The second-order valence-electron chi connectivity index (χ2n) is 3.59. The van der Waals surface area contributed by atoms with Crippen molar-refractivity contribution in [3.8, 4) is 0 Å². The van der Waals surface area contributed by atoms with Gasteiger partial charge in [0.25, 0.3) is 0 Å². The minimum Gasteiger partial charge on any atom is -0.395 e. The third kappa shape index (κ3) is 5.57. The first-order valence-electron chi connectivity index (χ1n) is 4.98. The SMILES string of the molecule is CCS(=O)(=O)CCN(CCO)C(C)C. The van der Waals surface area contributed by atoms with E-state index in [4.69, 9.17) is 5.11 Å². The zero-order valence-corrected chi connectivity index (χ0v) is 10.0. The Morgan fingerprint density at radius 1 is 1.29 bits per heavy atom. The minimum atomic E-state index is -2.89. The molecule has 0 bridgehead atoms. The highest BCUT2D eigenvalue weighted by Crippen LogP contribution is 1.99. The Morgan fingerprint density at radius 3 is 2.21 bits per heavy atom. The third-order valence-corrected chi connectivity index (χ3v) is 3.93. The van der Waals surface area contributed by atoms with E-state index >= 15 is 0 Å². The monoisotopic (exact) mass is 223 g/mol. The fourth-order valence-corrected chi connectivity index (χ4v) is 1.96. The Balaban J connectivity index is 4.06. The lowest BCUT2D eigenvalue weighted by molar-refractivity contribution is 0.173. The molecule has 5 heteroatoms. The fraction of sp³-hybridized carbons (Fsp3) is 1.00. The molecule has 0 aliphatic heterocycles. The lowest BCUT2D eigenvalue weighted by Gasteiger charge is -2.25. The number of aliphatic hydroxyl groups is 1. The van der Waals surface area contributed by atoms with Crippen LogP contribution in [-0.4, -0.2) is 55.7 Å². The van der Waals surface area contributed by atoms with Gasteiger partial charge in [-0.2, -0.15) is 0 Å². The summed E-state index contributed by atoms with van der Waals surface area (Å²) in [4.78, 5) is 1.97. The largest absolute Gasteiger partial charge is 0.395 e. The van der Waals surface area contributed by atoms with Crippen LogP contribution in [0.1, 0.15) is 20.8 Å². The van der Waals surface area contributed by atoms with Crippen LogP contribution < -0.4 is 0 Å². The van der Waals surface area contributed by atoms with Crippen molar-refractivity contribution in [1.29, 1.82) is 0 Å². The number of rotatable bonds is 7. The van der Waals surface area contributed by atoms with Gasteiger partial charge in [-0.1, -0.05) is 6.92 Å². The van der Waals surface area contributed by atoms with E-state index in [1.165, 1.54) is 0 Å². The van der Waals surface area contributed by atoms with E-state index in [1.54, 1.807) is 6.92 Å². The summed E-state index contributed by atoms with van der Waals surface area (Å²) >= 11 is 0. The lowest BCUT2D eigenvalue weighted by atomic mass is 10.3. The Morgan fingerprint density at radius 2 is 1.86 bits per heavy atom. The maximum Gasteiger partial charge on any atom is 0.151 e. The molecule has 1 N–H and O–H groups in total. The molecule has 0 rings (SSSR count). The number of hydrogen-bond acceptors (Lipinski definition) is 4. The van der Waals surface area contributed by atoms with E-state index in [2.05, 4.69) is 0 Å². The molecule has 14 heavy (non-hydrogen) atoms. The van der Waals surface area contributed by atoms with Crippen molar-refractivity contribution in [3.05, 3.63) is 0 Å². The Hall–Kier alpha value is -0.130. The zero-order valence-electron chi connectivity index (χ0n) is 9.23. The molecule has 0 aromatic rings. The molecule has 0 atom stereocenters. The molecule has 0 aliphatic carbocycles. The van der Waals surface area contributed by atoms with Gasteiger partial charge in [0.15, 0.2) is 9.84 Å². The molecule has 0 heterocycles. The Labute approximate surface area is 86.8 Å². The highest BCUT2D eigenvalue weighted by molar-refractivity contribution is 7.91. The maximum absolute atomic E-state index is 11.2. The van der Waals surface area contributed by atoms with Gasteiger partial charge in [0.05, 0.1) is 12.4 Å². The van der Waals surface area contributed by atoms with Crippen molar-refractivity contribution in [3.63, 3.8) is 0 Å². The summed E-state index contributed by atoms with van der Waals surface area (Å²) < 4.78 is 22.5. The van der Waals surface area contributed by atoms with Gasteiger partial charge in [-0.15, -0.1) is 0 Å². The second-order valence-corrected chi connectivity index (χ2v) is 6.06. The molecule has 86 valence electrons. The summed E-state index contributed by atoms with van der Waals surface area (Å²) in [6.45, 7) is 6.76. The van der Waals surface area contributed by atoms with Crippen LogP contribution in [0.25, 0.3) is 0 Å². The molecule has 0 aliphatic rings. The van der Waals surface area contributed by atoms with Gasteiger partial charge >= 0.3 is 0 Å². The van der Waals surface area contributed by atoms with Gasteiger partial charge in [-0.3, -0.25) is 4.90 Å². The first-order chi connectivity index (χ1) is 6.43. The summed E-state index contributed by atoms with van der Waals surface area (Å²) in [6, 6.07) is 0.272. The van der Waals surface area contributed by atoms with Crippen LogP contribution in [-0.2, 0) is 9.84 Å². The number of hydrogen-bond donors (Lipinski definition) is 1. The second kappa shape index (κ2) is 6.37. The van der Waals surface area contributed by atoms with Crippen molar-refractivity contribution in [1.82, 2.24) is 4.90 Å². The standard InChI is InChI=1S/C9H21NO3S/c1-4-14(12,13)8-6-10(5-7-11)9(2)3/h9,11H,4-8H2,1-3H3. The Kier molecular flexibility index (Phi) is 6.31. The molecule has 0 unspecified atom stereocenters. The molecule has 0 saturated carbocycles. The summed E-state index contributed by atoms with van der Waals surface area (Å²) in [5.41, 5.74) is 0. The van der Waals surface area contributed by atoms with Crippen LogP contribution in [0, 0.1) is 0 Å². The van der Waals surface area contributed by atoms with Crippen molar-refractivity contribution in [2.24, 2.45) is 0 Å². The summed E-state index contributed by atoms with van der Waals surface area (Å²) in [5.74, 6) is 0.375. The molecule has 0 amide bonds. The van der Waals surface area contributed by atoms with Gasteiger partial charge in [-0.05, 0) is 13.8 Å². The van der Waals surface area contributed by atoms with Crippen molar-refractivity contribution in [2.45, 2.75) is 26.8 Å². The fourth-order valence-electron chi connectivity index (χ4n) is 1.16. The summed E-state index contributed by atoms with van der Waals surface area (Å²) in [5, 5.41) is 8.78. The average molecular weight is 223 g/mol. The van der Waals surface area contributed by atoms with Crippen molar-refractivity contribution < 1.29 is 13.5 Å². The van der Waals surface area contributed by atoms with E-state index in [-0.39, 0.29) is 24.2 Å². The molecular formula is C9H21NO3S. The molecule has 4 nitrogen and oxygen atoms in total. The van der Waals surface area contributed by atoms with Crippen LogP contribution in [0.5, 0.6) is 0 Å². The quantitative estimate of drug-likeness (QED) is 0.666. The van der Waals surface area contributed by atoms with Gasteiger partial charge < -0.3 is 5.11 Å². The van der Waals surface area contributed by atoms with Crippen molar-refractivity contribution >= 4 is 9.84 Å². The zero-order chi connectivity index (χ0) is 11.2. The van der Waals surface area contributed by atoms with E-state index in [1.807, 2.05) is 18.7 Å². The van der Waals surface area contributed by atoms with Gasteiger partial charge in [0.1, 0.15) is 0 Å². The first-order valence-corrected chi connectivity index (χ1v) is 6.80. The highest BCUT2D eigenvalue weighted by atomic mass is 32.2. The van der Waals surface area contributed by atoms with E-state index in [0.29, 0.717) is 13.1 Å². The Bertz CT molecular complexity index is 236. The average Bonchev–Trinajstić information content (AvgIpc) is 2.12. The molecule has 0 saturated heterocycles. The smallest absolute Gasteiger partial charge is 0.151 e. The number of nitrogens with zero attached hydrogens (tertiary/aromatic N) is 1. The summed E-state index contributed by atoms with van der Waals surface area (Å²) in [6.07, 6.45) is 0. The first kappa shape index (κ1) is 13.9. The normalized spacial score (nSPS) is 12.7. The van der Waals surface area contributed by atoms with E-state index in [0.717, 1.165) is 0 Å². The van der Waals surface area contributed by atoms with Crippen LogP contribution in [0.4, 0.5) is 0 Å². The van der Waals surface area contributed by atoms with Gasteiger partial charge in [0, 0.05) is 24.9 Å². The number of sulfone groups is 1. The molecule has 0 radical (unpaired) electrons. The van der Waals surface area contributed by atoms with Gasteiger partial charge in [0.2, 0.25) is 0 Å². The van der Waals surface area contributed by atoms with Crippen LogP contribution >= 0.6 is 0 Å². The van der Waals surface area contributed by atoms with Crippen molar-refractivity contribution in [2.75, 3.05) is 31.2 Å². The third-order valence-electron chi connectivity index (χ3n) is 2.25. The molecule has 0 spiro atoms. The molecule has 0 aromatic carbocycles. The van der Waals surface area contributed by atoms with Crippen LogP contribution in [0.15, 0.2) is 0 Å². The summed E-state index contributed by atoms with van der Waals surface area (Å²) in [7, 11) is -2.89.